The number of hydrogen-bond donors (Lipinski definition) is 1. The fourth-order valence-corrected chi connectivity index (χ4v) is 3.73. The average molecular weight is 379 g/mol. The van der Waals surface area contributed by atoms with E-state index in [1.807, 2.05) is 45.9 Å². The highest BCUT2D eigenvalue weighted by atomic mass is 19.1. The number of aromatic amines is 1. The van der Waals surface area contributed by atoms with Crippen LogP contribution in [-0.2, 0) is 4.79 Å². The van der Waals surface area contributed by atoms with E-state index >= 15 is 0 Å². The normalized spacial score (nSPS) is 12.7. The van der Waals surface area contributed by atoms with Crippen molar-refractivity contribution < 1.29 is 9.18 Å². The van der Waals surface area contributed by atoms with Crippen LogP contribution in [0.5, 0.6) is 0 Å². The third-order valence-electron chi connectivity index (χ3n) is 5.04. The monoisotopic (exact) mass is 379 g/mol. The smallest absolute Gasteiger partial charge is 0.252 e. The van der Waals surface area contributed by atoms with Gasteiger partial charge in [0.05, 0.1) is 5.92 Å². The molecule has 1 aromatic heterocycles. The van der Waals surface area contributed by atoms with Crippen molar-refractivity contribution >= 4 is 16.6 Å². The molecule has 1 unspecified atom stereocenters. The first-order chi connectivity index (χ1) is 13.3. The molecule has 2 aromatic carbocycles. The molecule has 0 saturated heterocycles. The number of rotatable bonds is 6. The number of nitrogens with one attached hydrogen (secondary N) is 1. The largest absolute Gasteiger partial charge is 0.322 e. The second-order valence-electron chi connectivity index (χ2n) is 8.12. The van der Waals surface area contributed by atoms with Crippen LogP contribution in [0.2, 0.25) is 0 Å². The Balaban J connectivity index is 2.01. The molecule has 1 atom stereocenters. The molecule has 1 heterocycles. The van der Waals surface area contributed by atoms with Crippen molar-refractivity contribution in [1.82, 2.24) is 4.98 Å². The van der Waals surface area contributed by atoms with Crippen molar-refractivity contribution in [2.45, 2.75) is 40.0 Å². The van der Waals surface area contributed by atoms with Gasteiger partial charge in [0, 0.05) is 23.1 Å². The average Bonchev–Trinajstić information content (AvgIpc) is 2.62. The van der Waals surface area contributed by atoms with Gasteiger partial charge < -0.3 is 4.98 Å². The Morgan fingerprint density at radius 2 is 1.79 bits per heavy atom. The van der Waals surface area contributed by atoms with Gasteiger partial charge in [-0.2, -0.15) is 0 Å². The molecule has 146 valence electrons. The Bertz CT molecular complexity index is 1070. The van der Waals surface area contributed by atoms with E-state index in [-0.39, 0.29) is 29.0 Å². The second-order valence-corrected chi connectivity index (χ2v) is 8.12. The molecule has 3 nitrogen and oxygen atoms in total. The number of H-pyrrole nitrogens is 1. The number of pyridine rings is 1. The van der Waals surface area contributed by atoms with E-state index in [0.29, 0.717) is 23.1 Å². The number of benzene rings is 2. The molecule has 0 spiro atoms. The van der Waals surface area contributed by atoms with E-state index in [9.17, 15) is 14.0 Å². The maximum absolute atomic E-state index is 14.1. The first-order valence-electron chi connectivity index (χ1n) is 9.72. The molecule has 0 amide bonds. The lowest BCUT2D eigenvalue weighted by atomic mass is 9.82. The summed E-state index contributed by atoms with van der Waals surface area (Å²) in [5.41, 5.74) is 1.58. The van der Waals surface area contributed by atoms with Crippen LogP contribution in [0.15, 0.2) is 53.3 Å². The van der Waals surface area contributed by atoms with Gasteiger partial charge in [-0.25, -0.2) is 4.39 Å². The number of ketones is 1. The quantitative estimate of drug-likeness (QED) is 0.598. The minimum absolute atomic E-state index is 0.0352. The Kier molecular flexibility index (Phi) is 5.78. The minimum atomic E-state index is -0.422. The van der Waals surface area contributed by atoms with E-state index in [1.54, 1.807) is 24.3 Å². The summed E-state index contributed by atoms with van der Waals surface area (Å²) < 4.78 is 14.1. The van der Waals surface area contributed by atoms with E-state index in [4.69, 9.17) is 0 Å². The number of carbonyl (C=O) groups excluding carboxylic acids is 1. The first kappa shape index (κ1) is 20.0. The summed E-state index contributed by atoms with van der Waals surface area (Å²) in [6, 6.07) is 13.9. The van der Waals surface area contributed by atoms with Crippen molar-refractivity contribution in [3.63, 3.8) is 0 Å². The van der Waals surface area contributed by atoms with Crippen molar-refractivity contribution in [3.05, 3.63) is 70.3 Å². The molecule has 0 radical (unpaired) electrons. The molecule has 0 saturated carbocycles. The number of Topliss-reactive ketones (excluding diaryl/α,β-unsaturated/α-hetero) is 1. The molecular formula is C24H26FNO2. The summed E-state index contributed by atoms with van der Waals surface area (Å²) in [6.45, 7) is 7.92. The van der Waals surface area contributed by atoms with E-state index in [2.05, 4.69) is 4.98 Å². The number of hydrogen-bond acceptors (Lipinski definition) is 2. The van der Waals surface area contributed by atoms with Crippen molar-refractivity contribution in [2.75, 3.05) is 0 Å². The molecule has 0 aliphatic heterocycles. The van der Waals surface area contributed by atoms with E-state index < -0.39 is 5.92 Å². The molecule has 0 fully saturated rings. The summed E-state index contributed by atoms with van der Waals surface area (Å²) >= 11 is 0. The van der Waals surface area contributed by atoms with Gasteiger partial charge in [0.1, 0.15) is 11.6 Å². The second kappa shape index (κ2) is 8.09. The van der Waals surface area contributed by atoms with E-state index in [1.165, 1.54) is 6.07 Å². The number of carbonyl (C=O) groups is 1. The van der Waals surface area contributed by atoms with Crippen LogP contribution in [0, 0.1) is 17.7 Å². The number of aromatic nitrogens is 1. The van der Waals surface area contributed by atoms with Crippen molar-refractivity contribution in [2.24, 2.45) is 11.8 Å². The third kappa shape index (κ3) is 4.06. The highest BCUT2D eigenvalue weighted by molar-refractivity contribution is 5.88. The summed E-state index contributed by atoms with van der Waals surface area (Å²) in [6.07, 6.45) is 0.452. The summed E-state index contributed by atoms with van der Waals surface area (Å²) in [5.74, 6) is -0.338. The minimum Gasteiger partial charge on any atom is -0.322 e. The Labute approximate surface area is 164 Å². The Hall–Kier alpha value is -2.75. The summed E-state index contributed by atoms with van der Waals surface area (Å²) in [4.78, 5) is 28.4. The fraction of sp³-hybridized carbons (Fsp3) is 0.333. The van der Waals surface area contributed by atoms with Gasteiger partial charge in [-0.15, -0.1) is 0 Å². The molecule has 0 bridgehead atoms. The SMILES string of the molecule is CC(C)CC(=O)C(c1ccc(-c2ccc3cccc(F)c3c2)[nH]c1=O)C(C)C. The van der Waals surface area contributed by atoms with Gasteiger partial charge in [-0.3, -0.25) is 9.59 Å². The predicted octanol–water partition coefficient (Wildman–Crippen LogP) is 5.69. The fourth-order valence-electron chi connectivity index (χ4n) is 3.73. The van der Waals surface area contributed by atoms with Gasteiger partial charge in [-0.05, 0) is 41.0 Å². The Morgan fingerprint density at radius 3 is 2.43 bits per heavy atom. The number of fused-ring (bicyclic) bond motifs is 1. The van der Waals surface area contributed by atoms with Crippen LogP contribution in [0.25, 0.3) is 22.0 Å². The van der Waals surface area contributed by atoms with Gasteiger partial charge in [0.2, 0.25) is 0 Å². The molecule has 4 heteroatoms. The zero-order valence-electron chi connectivity index (χ0n) is 16.8. The van der Waals surface area contributed by atoms with Gasteiger partial charge in [0.25, 0.3) is 5.56 Å². The Morgan fingerprint density at radius 1 is 1.04 bits per heavy atom. The van der Waals surface area contributed by atoms with Gasteiger partial charge in [-0.1, -0.05) is 58.0 Å². The number of halogens is 1. The topological polar surface area (TPSA) is 49.9 Å². The lowest BCUT2D eigenvalue weighted by Crippen LogP contribution is -2.26. The van der Waals surface area contributed by atoms with Crippen LogP contribution in [0.4, 0.5) is 4.39 Å². The molecule has 0 aliphatic carbocycles. The van der Waals surface area contributed by atoms with Crippen LogP contribution in [0.3, 0.4) is 0 Å². The lowest BCUT2D eigenvalue weighted by molar-refractivity contribution is -0.122. The summed E-state index contributed by atoms with van der Waals surface area (Å²) in [5, 5.41) is 1.32. The van der Waals surface area contributed by atoms with Crippen LogP contribution >= 0.6 is 0 Å². The standard InChI is InChI=1S/C24H26FNO2/c1-14(2)12-22(27)23(15(3)4)18-10-11-21(26-24(18)28)17-9-8-16-6-5-7-20(25)19(16)13-17/h5-11,13-15,23H,12H2,1-4H3,(H,26,28). The van der Waals surface area contributed by atoms with Crippen LogP contribution in [-0.4, -0.2) is 10.8 Å². The zero-order chi connectivity index (χ0) is 20.4. The molecular weight excluding hydrogens is 353 g/mol. The van der Waals surface area contributed by atoms with Gasteiger partial charge in [0.15, 0.2) is 0 Å². The third-order valence-corrected chi connectivity index (χ3v) is 5.04. The first-order valence-corrected chi connectivity index (χ1v) is 9.72. The van der Waals surface area contributed by atoms with Crippen molar-refractivity contribution in [1.29, 1.82) is 0 Å². The zero-order valence-corrected chi connectivity index (χ0v) is 16.8. The maximum atomic E-state index is 14.1. The highest BCUT2D eigenvalue weighted by Gasteiger charge is 2.27. The van der Waals surface area contributed by atoms with Crippen LogP contribution in [0.1, 0.15) is 45.6 Å². The van der Waals surface area contributed by atoms with Crippen LogP contribution < -0.4 is 5.56 Å². The molecule has 1 N–H and O–H groups in total. The lowest BCUT2D eigenvalue weighted by Gasteiger charge is -2.20. The molecule has 0 aliphatic rings. The van der Waals surface area contributed by atoms with Gasteiger partial charge >= 0.3 is 0 Å². The van der Waals surface area contributed by atoms with E-state index in [0.717, 1.165) is 10.9 Å². The summed E-state index contributed by atoms with van der Waals surface area (Å²) in [7, 11) is 0. The highest BCUT2D eigenvalue weighted by Crippen LogP contribution is 2.28. The van der Waals surface area contributed by atoms with Crippen molar-refractivity contribution in [3.8, 4) is 11.3 Å². The predicted molar refractivity (Wildman–Crippen MR) is 112 cm³/mol. The molecule has 28 heavy (non-hydrogen) atoms. The molecule has 3 rings (SSSR count). The maximum Gasteiger partial charge on any atom is 0.252 e. The molecule has 3 aromatic rings.